The molecule has 1 N–H and O–H groups in total. The molecule has 2 rings (SSSR count). The van der Waals surface area contributed by atoms with Crippen molar-refractivity contribution in [2.75, 3.05) is 33.4 Å². The van der Waals surface area contributed by atoms with Crippen molar-refractivity contribution in [3.8, 4) is 0 Å². The smallest absolute Gasteiger partial charge is 0.0480 e. The fourth-order valence-corrected chi connectivity index (χ4v) is 3.30. The van der Waals surface area contributed by atoms with Crippen LogP contribution in [0.3, 0.4) is 0 Å². The molecule has 1 aromatic rings. The molecule has 1 atom stereocenters. The molecule has 1 aliphatic heterocycles. The Bertz CT molecular complexity index is 441. The van der Waals surface area contributed by atoms with Crippen LogP contribution in [-0.2, 0) is 4.74 Å². The summed E-state index contributed by atoms with van der Waals surface area (Å²) >= 11 is 0. The molecule has 118 valence electrons. The Morgan fingerprint density at radius 2 is 2.00 bits per heavy atom. The van der Waals surface area contributed by atoms with Gasteiger partial charge in [0.15, 0.2) is 0 Å². The molecule has 0 amide bonds. The number of likely N-dealkylation sites (N-methyl/N-ethyl adjacent to an activating group) is 2. The molecule has 1 saturated heterocycles. The summed E-state index contributed by atoms with van der Waals surface area (Å²) in [4.78, 5) is 2.51. The summed E-state index contributed by atoms with van der Waals surface area (Å²) in [6.45, 7) is 10.4. The number of hydrogen-bond acceptors (Lipinski definition) is 3. The largest absolute Gasteiger partial charge is 0.381 e. The highest BCUT2D eigenvalue weighted by Crippen LogP contribution is 2.22. The van der Waals surface area contributed by atoms with Crippen molar-refractivity contribution in [2.45, 2.75) is 45.7 Å². The van der Waals surface area contributed by atoms with E-state index in [1.165, 1.54) is 16.7 Å². The van der Waals surface area contributed by atoms with Gasteiger partial charge in [0, 0.05) is 31.8 Å². The normalized spacial score (nSPS) is 18.1. The lowest BCUT2D eigenvalue weighted by Gasteiger charge is -2.34. The molecule has 0 spiro atoms. The van der Waals surface area contributed by atoms with E-state index in [1.807, 2.05) is 0 Å². The fraction of sp³-hybridized carbons (Fsp3) is 0.667. The summed E-state index contributed by atoms with van der Waals surface area (Å²) in [7, 11) is 2.25. The zero-order valence-electron chi connectivity index (χ0n) is 14.0. The average molecular weight is 290 g/mol. The van der Waals surface area contributed by atoms with Crippen molar-refractivity contribution in [1.82, 2.24) is 10.2 Å². The topological polar surface area (TPSA) is 24.5 Å². The van der Waals surface area contributed by atoms with Crippen molar-refractivity contribution < 1.29 is 4.74 Å². The van der Waals surface area contributed by atoms with E-state index in [1.54, 1.807) is 0 Å². The third-order valence-electron chi connectivity index (χ3n) is 4.54. The zero-order valence-corrected chi connectivity index (χ0v) is 14.0. The molecule has 0 aliphatic carbocycles. The lowest BCUT2D eigenvalue weighted by molar-refractivity contribution is 0.0401. The van der Waals surface area contributed by atoms with Gasteiger partial charge < -0.3 is 15.0 Å². The monoisotopic (exact) mass is 290 g/mol. The third-order valence-corrected chi connectivity index (χ3v) is 4.54. The van der Waals surface area contributed by atoms with Crippen molar-refractivity contribution in [3.63, 3.8) is 0 Å². The summed E-state index contributed by atoms with van der Waals surface area (Å²) in [5.41, 5.74) is 4.16. The molecule has 3 heteroatoms. The summed E-state index contributed by atoms with van der Waals surface area (Å²) in [5.74, 6) is 0. The van der Waals surface area contributed by atoms with Gasteiger partial charge in [0.1, 0.15) is 0 Å². The molecular weight excluding hydrogens is 260 g/mol. The molecule has 1 aromatic carbocycles. The first-order valence-corrected chi connectivity index (χ1v) is 8.20. The van der Waals surface area contributed by atoms with E-state index in [0.29, 0.717) is 12.1 Å². The van der Waals surface area contributed by atoms with Crippen LogP contribution in [0.2, 0.25) is 0 Å². The SMILES string of the molecule is CCNC(CN(C)C1CCOCC1)c1ccc(C)cc1C. The fourth-order valence-electron chi connectivity index (χ4n) is 3.30. The number of ether oxygens (including phenoxy) is 1. The first-order chi connectivity index (χ1) is 10.1. The number of hydrogen-bond donors (Lipinski definition) is 1. The minimum atomic E-state index is 0.406. The maximum atomic E-state index is 5.48. The second kappa shape index (κ2) is 7.92. The van der Waals surface area contributed by atoms with Gasteiger partial charge in [-0.25, -0.2) is 0 Å². The molecule has 1 unspecified atom stereocenters. The quantitative estimate of drug-likeness (QED) is 0.871. The number of nitrogens with one attached hydrogen (secondary N) is 1. The van der Waals surface area contributed by atoms with Crippen molar-refractivity contribution in [3.05, 3.63) is 34.9 Å². The van der Waals surface area contributed by atoms with Gasteiger partial charge in [0.25, 0.3) is 0 Å². The lowest BCUT2D eigenvalue weighted by Crippen LogP contribution is -2.41. The minimum Gasteiger partial charge on any atom is -0.381 e. The van der Waals surface area contributed by atoms with Crippen LogP contribution in [0.1, 0.15) is 42.5 Å². The second-order valence-corrected chi connectivity index (χ2v) is 6.25. The van der Waals surface area contributed by atoms with Crippen LogP contribution in [0.25, 0.3) is 0 Å². The molecule has 21 heavy (non-hydrogen) atoms. The summed E-state index contributed by atoms with van der Waals surface area (Å²) < 4.78 is 5.48. The molecular formula is C18H30N2O. The van der Waals surface area contributed by atoms with E-state index in [9.17, 15) is 0 Å². The molecule has 0 radical (unpaired) electrons. The first kappa shape index (κ1) is 16.5. The van der Waals surface area contributed by atoms with E-state index in [-0.39, 0.29) is 0 Å². The van der Waals surface area contributed by atoms with Crippen molar-refractivity contribution in [1.29, 1.82) is 0 Å². The number of rotatable bonds is 6. The Hall–Kier alpha value is -0.900. The van der Waals surface area contributed by atoms with Gasteiger partial charge in [-0.2, -0.15) is 0 Å². The zero-order chi connectivity index (χ0) is 15.2. The Balaban J connectivity index is 2.07. The van der Waals surface area contributed by atoms with E-state index in [2.05, 4.69) is 56.2 Å². The van der Waals surface area contributed by atoms with E-state index in [0.717, 1.165) is 39.1 Å². The van der Waals surface area contributed by atoms with Gasteiger partial charge >= 0.3 is 0 Å². The van der Waals surface area contributed by atoms with Crippen molar-refractivity contribution in [2.24, 2.45) is 0 Å². The third kappa shape index (κ3) is 4.53. The van der Waals surface area contributed by atoms with E-state index >= 15 is 0 Å². The van der Waals surface area contributed by atoms with Crippen LogP contribution in [0.15, 0.2) is 18.2 Å². The van der Waals surface area contributed by atoms with Crippen molar-refractivity contribution >= 4 is 0 Å². The van der Waals surface area contributed by atoms with Crippen LogP contribution in [0.5, 0.6) is 0 Å². The van der Waals surface area contributed by atoms with Gasteiger partial charge in [-0.15, -0.1) is 0 Å². The molecule has 0 bridgehead atoms. The van der Waals surface area contributed by atoms with Crippen LogP contribution in [-0.4, -0.2) is 44.3 Å². The van der Waals surface area contributed by atoms with E-state index in [4.69, 9.17) is 4.74 Å². The first-order valence-electron chi connectivity index (χ1n) is 8.20. The summed E-state index contributed by atoms with van der Waals surface area (Å²) in [5, 5.41) is 3.66. The second-order valence-electron chi connectivity index (χ2n) is 6.25. The highest BCUT2D eigenvalue weighted by molar-refractivity contribution is 5.33. The minimum absolute atomic E-state index is 0.406. The van der Waals surface area contributed by atoms with Gasteiger partial charge in [0.05, 0.1) is 0 Å². The van der Waals surface area contributed by atoms with Gasteiger partial charge in [-0.3, -0.25) is 0 Å². The van der Waals surface area contributed by atoms with Crippen LogP contribution in [0.4, 0.5) is 0 Å². The average Bonchev–Trinajstić information content (AvgIpc) is 2.48. The van der Waals surface area contributed by atoms with Gasteiger partial charge in [0.2, 0.25) is 0 Å². The Labute approximate surface area is 129 Å². The molecule has 0 aromatic heterocycles. The molecule has 1 aliphatic rings. The van der Waals surface area contributed by atoms with Crippen LogP contribution in [0, 0.1) is 13.8 Å². The number of aryl methyl sites for hydroxylation is 2. The Morgan fingerprint density at radius 3 is 2.62 bits per heavy atom. The van der Waals surface area contributed by atoms with Gasteiger partial charge in [-0.05, 0) is 51.4 Å². The standard InChI is InChI=1S/C18H30N2O/c1-5-19-18(17-7-6-14(2)12-15(17)3)13-20(4)16-8-10-21-11-9-16/h6-7,12,16,18-19H,5,8-11,13H2,1-4H3. The van der Waals surface area contributed by atoms with E-state index < -0.39 is 0 Å². The van der Waals surface area contributed by atoms with Crippen LogP contribution >= 0.6 is 0 Å². The molecule has 3 nitrogen and oxygen atoms in total. The maximum Gasteiger partial charge on any atom is 0.0480 e. The predicted octanol–water partition coefficient (Wildman–Crippen LogP) is 3.06. The molecule has 1 fully saturated rings. The highest BCUT2D eigenvalue weighted by atomic mass is 16.5. The predicted molar refractivity (Wildman–Crippen MR) is 88.8 cm³/mol. The summed E-state index contributed by atoms with van der Waals surface area (Å²) in [6, 6.07) is 7.86. The molecule has 1 heterocycles. The summed E-state index contributed by atoms with van der Waals surface area (Å²) in [6.07, 6.45) is 2.31. The number of nitrogens with zero attached hydrogens (tertiary/aromatic N) is 1. The maximum absolute atomic E-state index is 5.48. The molecule has 0 saturated carbocycles. The lowest BCUT2D eigenvalue weighted by atomic mass is 9.97. The van der Waals surface area contributed by atoms with Gasteiger partial charge in [-0.1, -0.05) is 30.7 Å². The Kier molecular flexibility index (Phi) is 6.22. The highest BCUT2D eigenvalue weighted by Gasteiger charge is 2.22. The number of benzene rings is 1. The van der Waals surface area contributed by atoms with Crippen LogP contribution < -0.4 is 5.32 Å². The Morgan fingerprint density at radius 1 is 1.29 bits per heavy atom.